The number of phenolic OH excluding ortho intramolecular Hbond substituents is 1. The molecular formula is C16H13F4NO3S. The van der Waals surface area contributed by atoms with Crippen molar-refractivity contribution >= 4 is 15.7 Å². The molecule has 3 rings (SSSR count). The van der Waals surface area contributed by atoms with Gasteiger partial charge in [-0.2, -0.15) is 8.78 Å². The van der Waals surface area contributed by atoms with Gasteiger partial charge in [0.15, 0.2) is 17.4 Å². The first-order valence-electron chi connectivity index (χ1n) is 7.42. The summed E-state index contributed by atoms with van der Waals surface area (Å²) in [5.41, 5.74) is 0.271. The Bertz CT molecular complexity index is 931. The number of rotatable bonds is 3. The topological polar surface area (TPSA) is 66.4 Å². The summed E-state index contributed by atoms with van der Waals surface area (Å²) in [4.78, 5) is -0.277. The molecule has 0 saturated heterocycles. The predicted octanol–water partition coefficient (Wildman–Crippen LogP) is 3.63. The van der Waals surface area contributed by atoms with E-state index in [1.54, 1.807) is 6.07 Å². The molecule has 9 heteroatoms. The van der Waals surface area contributed by atoms with Gasteiger partial charge >= 0.3 is 0 Å². The second-order valence-electron chi connectivity index (χ2n) is 5.72. The number of hydrogen-bond acceptors (Lipinski definition) is 3. The molecule has 0 radical (unpaired) electrons. The molecule has 0 unspecified atom stereocenters. The number of hydrogen-bond donors (Lipinski definition) is 2. The second-order valence-corrected chi connectivity index (χ2v) is 7.41. The van der Waals surface area contributed by atoms with Gasteiger partial charge in [0, 0.05) is 0 Å². The standard InChI is InChI=1S/C16H13F4NO3S/c17-11-13(19)16(22)14(20)12(18)15(11)21-25(23,24)10-6-5-8-3-1-2-4-9(8)7-10/h5-7,21-22H,1-4H2. The summed E-state index contributed by atoms with van der Waals surface area (Å²) < 4.78 is 80.5. The SMILES string of the molecule is O=S(=O)(Nc1c(F)c(F)c(O)c(F)c1F)c1ccc2c(c1)CCCC2. The summed E-state index contributed by atoms with van der Waals surface area (Å²) in [7, 11) is -4.48. The summed E-state index contributed by atoms with van der Waals surface area (Å²) in [5.74, 6) is -10.1. The number of anilines is 1. The minimum Gasteiger partial charge on any atom is -0.503 e. The average molecular weight is 375 g/mol. The van der Waals surface area contributed by atoms with Crippen molar-refractivity contribution in [1.29, 1.82) is 0 Å². The molecule has 0 spiro atoms. The van der Waals surface area contributed by atoms with Crippen molar-refractivity contribution in [3.63, 3.8) is 0 Å². The maximum atomic E-state index is 13.8. The van der Waals surface area contributed by atoms with Crippen molar-refractivity contribution in [1.82, 2.24) is 0 Å². The molecule has 0 amide bonds. The first-order chi connectivity index (χ1) is 11.7. The fourth-order valence-electron chi connectivity index (χ4n) is 2.78. The highest BCUT2D eigenvalue weighted by atomic mass is 32.2. The van der Waals surface area contributed by atoms with Crippen LogP contribution in [0.4, 0.5) is 23.2 Å². The van der Waals surface area contributed by atoms with Crippen molar-refractivity contribution < 1.29 is 31.1 Å². The number of aryl methyl sites for hydroxylation is 2. The van der Waals surface area contributed by atoms with Gasteiger partial charge in [-0.1, -0.05) is 6.07 Å². The Kier molecular flexibility index (Phi) is 4.36. The largest absolute Gasteiger partial charge is 0.503 e. The lowest BCUT2D eigenvalue weighted by molar-refractivity contribution is 0.359. The molecule has 1 aliphatic rings. The highest BCUT2D eigenvalue weighted by Crippen LogP contribution is 2.33. The number of nitrogens with one attached hydrogen (secondary N) is 1. The normalized spacial score (nSPS) is 14.2. The molecule has 0 aliphatic heterocycles. The maximum Gasteiger partial charge on any atom is 0.262 e. The Balaban J connectivity index is 2.03. The van der Waals surface area contributed by atoms with Crippen LogP contribution >= 0.6 is 0 Å². The monoisotopic (exact) mass is 375 g/mol. The molecule has 0 bridgehead atoms. The predicted molar refractivity (Wildman–Crippen MR) is 81.8 cm³/mol. The highest BCUT2D eigenvalue weighted by Gasteiger charge is 2.29. The van der Waals surface area contributed by atoms with E-state index in [2.05, 4.69) is 0 Å². The number of phenols is 1. The van der Waals surface area contributed by atoms with E-state index in [1.807, 2.05) is 0 Å². The first kappa shape index (κ1) is 17.5. The lowest BCUT2D eigenvalue weighted by Gasteiger charge is -2.17. The number of halogens is 4. The van der Waals surface area contributed by atoms with Crippen LogP contribution in [0.15, 0.2) is 23.1 Å². The fourth-order valence-corrected chi connectivity index (χ4v) is 3.89. The van der Waals surface area contributed by atoms with E-state index in [1.165, 1.54) is 16.9 Å². The zero-order valence-electron chi connectivity index (χ0n) is 12.7. The van der Waals surface area contributed by atoms with E-state index in [9.17, 15) is 26.0 Å². The Morgan fingerprint density at radius 3 is 2.04 bits per heavy atom. The molecule has 0 saturated carbocycles. The lowest BCUT2D eigenvalue weighted by Crippen LogP contribution is -2.17. The number of sulfonamides is 1. The lowest BCUT2D eigenvalue weighted by atomic mass is 9.92. The van der Waals surface area contributed by atoms with Gasteiger partial charge in [0.05, 0.1) is 4.90 Å². The third-order valence-electron chi connectivity index (χ3n) is 4.11. The summed E-state index contributed by atoms with van der Waals surface area (Å²) >= 11 is 0. The minimum absolute atomic E-state index is 0.277. The Morgan fingerprint density at radius 2 is 1.44 bits per heavy atom. The molecule has 134 valence electrons. The van der Waals surface area contributed by atoms with Gasteiger partial charge in [-0.05, 0) is 48.9 Å². The molecule has 4 nitrogen and oxygen atoms in total. The van der Waals surface area contributed by atoms with Gasteiger partial charge in [-0.25, -0.2) is 17.2 Å². The van der Waals surface area contributed by atoms with Crippen LogP contribution in [0.3, 0.4) is 0 Å². The average Bonchev–Trinajstić information content (AvgIpc) is 2.61. The molecule has 0 aromatic heterocycles. The fraction of sp³-hybridized carbons (Fsp3) is 0.250. The van der Waals surface area contributed by atoms with Gasteiger partial charge in [-0.3, -0.25) is 4.72 Å². The maximum absolute atomic E-state index is 13.8. The molecule has 0 atom stereocenters. The molecule has 25 heavy (non-hydrogen) atoms. The molecule has 2 N–H and O–H groups in total. The number of benzene rings is 2. The molecule has 0 heterocycles. The quantitative estimate of drug-likeness (QED) is 0.489. The van der Waals surface area contributed by atoms with Crippen LogP contribution < -0.4 is 4.72 Å². The molecule has 2 aromatic rings. The molecule has 0 fully saturated rings. The van der Waals surface area contributed by atoms with Gasteiger partial charge in [0.1, 0.15) is 5.69 Å². The van der Waals surface area contributed by atoms with Crippen molar-refractivity contribution in [3.05, 3.63) is 52.6 Å². The van der Waals surface area contributed by atoms with E-state index >= 15 is 0 Å². The van der Waals surface area contributed by atoms with Crippen molar-refractivity contribution in [3.8, 4) is 5.75 Å². The van der Waals surface area contributed by atoms with Crippen LogP contribution in [0.2, 0.25) is 0 Å². The summed E-state index contributed by atoms with van der Waals surface area (Å²) in [6.07, 6.45) is 3.35. The van der Waals surface area contributed by atoms with E-state index in [0.717, 1.165) is 30.4 Å². The summed E-state index contributed by atoms with van der Waals surface area (Å²) in [6.45, 7) is 0. The van der Waals surface area contributed by atoms with E-state index in [4.69, 9.17) is 5.11 Å². The Hall–Kier alpha value is -2.29. The third kappa shape index (κ3) is 3.04. The van der Waals surface area contributed by atoms with Crippen LogP contribution in [0.5, 0.6) is 5.75 Å². The molecule has 2 aromatic carbocycles. The van der Waals surface area contributed by atoms with Crippen molar-refractivity contribution in [2.75, 3.05) is 4.72 Å². The minimum atomic E-state index is -4.48. The second kappa shape index (κ2) is 6.21. The zero-order chi connectivity index (χ0) is 18.4. The summed E-state index contributed by atoms with van der Waals surface area (Å²) in [6, 6.07) is 4.24. The smallest absolute Gasteiger partial charge is 0.262 e. The van der Waals surface area contributed by atoms with Crippen LogP contribution in [0.1, 0.15) is 24.0 Å². The van der Waals surface area contributed by atoms with Crippen molar-refractivity contribution in [2.45, 2.75) is 30.6 Å². The Labute approximate surface area is 141 Å². The van der Waals surface area contributed by atoms with Crippen LogP contribution in [-0.4, -0.2) is 13.5 Å². The van der Waals surface area contributed by atoms with E-state index in [-0.39, 0.29) is 4.90 Å². The third-order valence-corrected chi connectivity index (χ3v) is 5.45. The van der Waals surface area contributed by atoms with Crippen LogP contribution in [0.25, 0.3) is 0 Å². The van der Waals surface area contributed by atoms with E-state index < -0.39 is 44.7 Å². The van der Waals surface area contributed by atoms with Crippen LogP contribution in [-0.2, 0) is 22.9 Å². The summed E-state index contributed by atoms with van der Waals surface area (Å²) in [5, 5.41) is 8.93. The number of aromatic hydroxyl groups is 1. The molecule has 1 aliphatic carbocycles. The van der Waals surface area contributed by atoms with Crippen molar-refractivity contribution in [2.24, 2.45) is 0 Å². The zero-order valence-corrected chi connectivity index (χ0v) is 13.6. The first-order valence-corrected chi connectivity index (χ1v) is 8.90. The highest BCUT2D eigenvalue weighted by molar-refractivity contribution is 7.92. The van der Waals surface area contributed by atoms with E-state index in [0.29, 0.717) is 6.42 Å². The van der Waals surface area contributed by atoms with Gasteiger partial charge in [0.25, 0.3) is 10.0 Å². The van der Waals surface area contributed by atoms with Crippen LogP contribution in [0, 0.1) is 23.3 Å². The van der Waals surface area contributed by atoms with Gasteiger partial charge in [0.2, 0.25) is 11.6 Å². The van der Waals surface area contributed by atoms with Gasteiger partial charge in [-0.15, -0.1) is 0 Å². The molecular weight excluding hydrogens is 362 g/mol. The van der Waals surface area contributed by atoms with Gasteiger partial charge < -0.3 is 5.11 Å². The number of fused-ring (bicyclic) bond motifs is 1. The Morgan fingerprint density at radius 1 is 0.880 bits per heavy atom.